The van der Waals surface area contributed by atoms with Gasteiger partial charge in [-0.05, 0) is 27.7 Å². The van der Waals surface area contributed by atoms with E-state index in [1.165, 1.54) is 0 Å². The highest BCUT2D eigenvalue weighted by atomic mass is 16.9. The zero-order valence-electron chi connectivity index (χ0n) is 11.1. The largest absolute Gasteiger partial charge is 0.367 e. The molecule has 0 bridgehead atoms. The molecule has 3 heterocycles. The van der Waals surface area contributed by atoms with Gasteiger partial charge in [-0.2, -0.15) is 0 Å². The van der Waals surface area contributed by atoms with Crippen molar-refractivity contribution < 1.29 is 28.8 Å². The van der Waals surface area contributed by atoms with Crippen LogP contribution in [0.15, 0.2) is 0 Å². The van der Waals surface area contributed by atoms with E-state index in [0.717, 1.165) is 0 Å². The molecule has 0 aromatic heterocycles. The molecule has 3 fully saturated rings. The minimum Gasteiger partial charge on any atom is -0.367 e. The molecular weight excluding hydrogens is 240 g/mol. The number of rotatable bonds is 1. The Labute approximate surface area is 106 Å². The average Bonchev–Trinajstić information content (AvgIpc) is 2.75. The Morgan fingerprint density at radius 3 is 2.33 bits per heavy atom. The summed E-state index contributed by atoms with van der Waals surface area (Å²) < 4.78 is 28.1. The first kappa shape index (κ1) is 12.8. The average molecular weight is 260 g/mol. The highest BCUT2D eigenvalue weighted by Gasteiger charge is 2.58. The Morgan fingerprint density at radius 2 is 1.72 bits per heavy atom. The van der Waals surface area contributed by atoms with Gasteiger partial charge in [0.1, 0.15) is 6.10 Å². The second-order valence-electron chi connectivity index (χ2n) is 5.94. The van der Waals surface area contributed by atoms with Gasteiger partial charge < -0.3 is 28.8 Å². The third-order valence-corrected chi connectivity index (χ3v) is 3.53. The van der Waals surface area contributed by atoms with E-state index < -0.39 is 24.2 Å². The van der Waals surface area contributed by atoms with Crippen LogP contribution in [0.1, 0.15) is 27.7 Å². The summed E-state index contributed by atoms with van der Waals surface area (Å²) in [6.45, 7) is 7.78. The van der Waals surface area contributed by atoms with Crippen molar-refractivity contribution in [3.63, 3.8) is 0 Å². The first-order valence-electron chi connectivity index (χ1n) is 6.28. The fraction of sp³-hybridized carbons (Fsp3) is 1.00. The summed E-state index contributed by atoms with van der Waals surface area (Å²) in [6, 6.07) is 0. The van der Waals surface area contributed by atoms with Gasteiger partial charge in [-0.3, -0.25) is 0 Å². The highest BCUT2D eigenvalue weighted by Crippen LogP contribution is 2.43. The van der Waals surface area contributed by atoms with Gasteiger partial charge in [0.05, 0.1) is 18.6 Å². The molecule has 6 nitrogen and oxygen atoms in total. The first-order chi connectivity index (χ1) is 8.27. The Bertz CT molecular complexity index is 341. The molecule has 0 saturated carbocycles. The SMILES string of the molecule is CC1(C)OCC([C@H]2[C@@H]3OC(C)(C)O[C@@H]3O[C@H]2O)O1. The molecule has 0 spiro atoms. The van der Waals surface area contributed by atoms with Crippen LogP contribution in [0.3, 0.4) is 0 Å². The summed E-state index contributed by atoms with van der Waals surface area (Å²) in [7, 11) is 0. The fourth-order valence-electron chi connectivity index (χ4n) is 2.81. The van der Waals surface area contributed by atoms with Crippen LogP contribution in [0.2, 0.25) is 0 Å². The van der Waals surface area contributed by atoms with Crippen LogP contribution in [0.25, 0.3) is 0 Å². The molecule has 0 radical (unpaired) electrons. The van der Waals surface area contributed by atoms with E-state index in [1.807, 2.05) is 27.7 Å². The molecule has 104 valence electrons. The summed E-state index contributed by atoms with van der Waals surface area (Å²) in [5.74, 6) is -1.61. The Balaban J connectivity index is 1.76. The van der Waals surface area contributed by atoms with Crippen LogP contribution in [0, 0.1) is 5.92 Å². The molecule has 0 aromatic carbocycles. The summed E-state index contributed by atoms with van der Waals surface area (Å²) >= 11 is 0. The summed E-state index contributed by atoms with van der Waals surface area (Å²) in [5.41, 5.74) is 0. The van der Waals surface area contributed by atoms with Crippen molar-refractivity contribution in [3.05, 3.63) is 0 Å². The number of fused-ring (bicyclic) bond motifs is 1. The van der Waals surface area contributed by atoms with Gasteiger partial charge >= 0.3 is 0 Å². The maximum absolute atomic E-state index is 9.98. The molecule has 0 aromatic rings. The van der Waals surface area contributed by atoms with E-state index in [2.05, 4.69) is 0 Å². The summed E-state index contributed by atoms with van der Waals surface area (Å²) in [6.07, 6.45) is -2.05. The second kappa shape index (κ2) is 3.88. The number of aliphatic hydroxyl groups is 1. The van der Waals surface area contributed by atoms with Crippen LogP contribution in [-0.4, -0.2) is 48.1 Å². The number of ether oxygens (including phenoxy) is 5. The van der Waals surface area contributed by atoms with E-state index in [-0.39, 0.29) is 18.1 Å². The molecule has 3 rings (SSSR count). The predicted molar refractivity (Wildman–Crippen MR) is 59.3 cm³/mol. The van der Waals surface area contributed by atoms with Gasteiger partial charge in [0, 0.05) is 0 Å². The third kappa shape index (κ3) is 2.07. The topological polar surface area (TPSA) is 66.4 Å². The van der Waals surface area contributed by atoms with E-state index in [9.17, 15) is 5.11 Å². The van der Waals surface area contributed by atoms with Crippen molar-refractivity contribution in [2.75, 3.05) is 6.61 Å². The zero-order chi connectivity index (χ0) is 13.1. The number of aliphatic hydroxyl groups excluding tert-OH is 1. The zero-order valence-corrected chi connectivity index (χ0v) is 11.1. The minimum absolute atomic E-state index is 0.248. The Kier molecular flexibility index (Phi) is 2.75. The van der Waals surface area contributed by atoms with E-state index in [0.29, 0.717) is 6.61 Å². The Hall–Kier alpha value is -0.240. The molecule has 3 saturated heterocycles. The van der Waals surface area contributed by atoms with Crippen LogP contribution in [0.5, 0.6) is 0 Å². The van der Waals surface area contributed by atoms with E-state index >= 15 is 0 Å². The van der Waals surface area contributed by atoms with E-state index in [4.69, 9.17) is 23.7 Å². The molecule has 0 aliphatic carbocycles. The molecule has 5 atom stereocenters. The van der Waals surface area contributed by atoms with E-state index in [1.54, 1.807) is 0 Å². The van der Waals surface area contributed by atoms with Crippen molar-refractivity contribution in [1.82, 2.24) is 0 Å². The third-order valence-electron chi connectivity index (χ3n) is 3.53. The molecule has 1 unspecified atom stereocenters. The van der Waals surface area contributed by atoms with Crippen molar-refractivity contribution in [2.24, 2.45) is 5.92 Å². The first-order valence-corrected chi connectivity index (χ1v) is 6.28. The van der Waals surface area contributed by atoms with Gasteiger partial charge in [-0.1, -0.05) is 0 Å². The van der Waals surface area contributed by atoms with Gasteiger partial charge in [0.15, 0.2) is 24.2 Å². The number of hydrogen-bond donors (Lipinski definition) is 1. The summed E-state index contributed by atoms with van der Waals surface area (Å²) in [4.78, 5) is 0. The predicted octanol–water partition coefficient (Wildman–Crippen LogP) is 0.580. The monoisotopic (exact) mass is 260 g/mol. The maximum Gasteiger partial charge on any atom is 0.190 e. The molecule has 1 N–H and O–H groups in total. The lowest BCUT2D eigenvalue weighted by molar-refractivity contribution is -0.250. The van der Waals surface area contributed by atoms with Gasteiger partial charge in [-0.25, -0.2) is 0 Å². The van der Waals surface area contributed by atoms with Crippen molar-refractivity contribution in [1.29, 1.82) is 0 Å². The summed E-state index contributed by atoms with van der Waals surface area (Å²) in [5, 5.41) is 9.98. The number of hydrogen-bond acceptors (Lipinski definition) is 6. The molecule has 3 aliphatic heterocycles. The molecular formula is C12H20O6. The molecule has 3 aliphatic rings. The van der Waals surface area contributed by atoms with Gasteiger partial charge in [0.2, 0.25) is 0 Å². The normalized spacial score (nSPS) is 49.5. The smallest absolute Gasteiger partial charge is 0.190 e. The van der Waals surface area contributed by atoms with Crippen molar-refractivity contribution in [2.45, 2.75) is 64.1 Å². The second-order valence-corrected chi connectivity index (χ2v) is 5.94. The van der Waals surface area contributed by atoms with Gasteiger partial charge in [0.25, 0.3) is 0 Å². The lowest BCUT2D eigenvalue weighted by Gasteiger charge is -2.27. The maximum atomic E-state index is 9.98. The fourth-order valence-corrected chi connectivity index (χ4v) is 2.81. The van der Waals surface area contributed by atoms with Crippen LogP contribution in [0.4, 0.5) is 0 Å². The standard InChI is InChI=1S/C12H20O6/c1-11(2)14-5-6(16-11)7-8-10(15-9(7)13)18-12(3,4)17-8/h6-10,13H,5H2,1-4H3/t6?,7-,8-,9+,10-/m0/s1. The molecule has 6 heteroatoms. The minimum atomic E-state index is -0.946. The molecule has 18 heavy (non-hydrogen) atoms. The molecule has 0 amide bonds. The lowest BCUT2D eigenvalue weighted by atomic mass is 9.97. The Morgan fingerprint density at radius 1 is 1.00 bits per heavy atom. The van der Waals surface area contributed by atoms with Crippen LogP contribution < -0.4 is 0 Å². The van der Waals surface area contributed by atoms with Crippen LogP contribution >= 0.6 is 0 Å². The quantitative estimate of drug-likeness (QED) is 0.744. The lowest BCUT2D eigenvalue weighted by Crippen LogP contribution is -2.40. The van der Waals surface area contributed by atoms with Crippen molar-refractivity contribution >= 4 is 0 Å². The van der Waals surface area contributed by atoms with Crippen molar-refractivity contribution in [3.8, 4) is 0 Å². The van der Waals surface area contributed by atoms with Gasteiger partial charge in [-0.15, -0.1) is 0 Å². The highest BCUT2D eigenvalue weighted by molar-refractivity contribution is 4.94. The van der Waals surface area contributed by atoms with Crippen LogP contribution in [-0.2, 0) is 23.7 Å².